The van der Waals surface area contributed by atoms with Gasteiger partial charge in [0.05, 0.1) is 16.7 Å². The Kier molecular flexibility index (Phi) is 6.39. The van der Waals surface area contributed by atoms with E-state index in [-0.39, 0.29) is 21.8 Å². The molecule has 0 unspecified atom stereocenters. The maximum Gasteiger partial charge on any atom is 0.416 e. The molecule has 3 rings (SSSR count). The quantitative estimate of drug-likeness (QED) is 0.496. The van der Waals surface area contributed by atoms with Gasteiger partial charge in [0.2, 0.25) is 0 Å². The molecule has 2 aromatic carbocycles. The first-order chi connectivity index (χ1) is 15.1. The van der Waals surface area contributed by atoms with Crippen LogP contribution in [-0.4, -0.2) is 30.2 Å². The summed E-state index contributed by atoms with van der Waals surface area (Å²) >= 11 is 0. The van der Waals surface area contributed by atoms with Gasteiger partial charge in [0, 0.05) is 23.6 Å². The highest BCUT2D eigenvalue weighted by Crippen LogP contribution is 2.31. The number of aromatic nitrogens is 2. The molecule has 0 spiro atoms. The van der Waals surface area contributed by atoms with Crippen molar-refractivity contribution in [3.8, 4) is 0 Å². The van der Waals surface area contributed by atoms with Crippen LogP contribution in [0.5, 0.6) is 0 Å². The smallest absolute Gasteiger partial charge is 0.280 e. The zero-order chi connectivity index (χ0) is 23.4. The zero-order valence-electron chi connectivity index (χ0n) is 15.9. The fourth-order valence-electron chi connectivity index (χ4n) is 2.44. The van der Waals surface area contributed by atoms with Gasteiger partial charge in [-0.3, -0.25) is 30.1 Å². The fourth-order valence-corrected chi connectivity index (χ4v) is 3.54. The molecule has 0 bridgehead atoms. The summed E-state index contributed by atoms with van der Waals surface area (Å²) in [5.41, 5.74) is 2.69. The third-order valence-corrected chi connectivity index (χ3v) is 5.31. The van der Waals surface area contributed by atoms with Crippen molar-refractivity contribution in [2.24, 2.45) is 0 Å². The molecule has 0 saturated heterocycles. The van der Waals surface area contributed by atoms with E-state index in [1.54, 1.807) is 0 Å². The van der Waals surface area contributed by atoms with E-state index in [0.717, 1.165) is 30.3 Å². The summed E-state index contributed by atoms with van der Waals surface area (Å²) in [5, 5.41) is 0. The van der Waals surface area contributed by atoms with Gasteiger partial charge in [0.15, 0.2) is 0 Å². The Balaban J connectivity index is 1.73. The number of hydrogen-bond donors (Lipinski definition) is 3. The Labute approximate surface area is 179 Å². The second-order valence-electron chi connectivity index (χ2n) is 6.21. The lowest BCUT2D eigenvalue weighted by Crippen LogP contribution is -2.42. The molecule has 0 fully saturated rings. The van der Waals surface area contributed by atoms with Crippen LogP contribution in [0.15, 0.2) is 72.0 Å². The van der Waals surface area contributed by atoms with Crippen molar-refractivity contribution in [2.45, 2.75) is 11.1 Å². The summed E-state index contributed by atoms with van der Waals surface area (Å²) in [6.45, 7) is 0. The number of rotatable bonds is 5. The highest BCUT2D eigenvalue weighted by molar-refractivity contribution is 7.92. The number of carbonyl (C=O) groups is 2. The Morgan fingerprint density at radius 1 is 0.906 bits per heavy atom. The van der Waals surface area contributed by atoms with Crippen molar-refractivity contribution >= 4 is 27.5 Å². The van der Waals surface area contributed by atoms with Crippen molar-refractivity contribution < 1.29 is 31.2 Å². The maximum atomic E-state index is 12.8. The predicted octanol–water partition coefficient (Wildman–Crippen LogP) is 2.37. The number of halogens is 3. The lowest BCUT2D eigenvalue weighted by Gasteiger charge is -2.12. The summed E-state index contributed by atoms with van der Waals surface area (Å²) in [6, 6.07) is 8.38. The molecule has 32 heavy (non-hydrogen) atoms. The van der Waals surface area contributed by atoms with Crippen LogP contribution in [0.2, 0.25) is 0 Å². The monoisotopic (exact) mass is 465 g/mol. The standard InChI is InChI=1S/C19H14F3N5O4S/c20-19(21,22)13-4-2-5-14(10-13)27-32(30,31)15-6-1-3-12(9-15)17(28)25-26-18(29)16-11-23-7-8-24-16/h1-11,27H,(H,25,28)(H,26,29). The minimum atomic E-state index is -4.64. The molecule has 0 aliphatic heterocycles. The van der Waals surface area contributed by atoms with Crippen LogP contribution < -0.4 is 15.6 Å². The van der Waals surface area contributed by atoms with Crippen LogP contribution in [0.3, 0.4) is 0 Å². The Bertz CT molecular complexity index is 1250. The van der Waals surface area contributed by atoms with Gasteiger partial charge in [0.25, 0.3) is 21.8 Å². The van der Waals surface area contributed by atoms with Crippen LogP contribution >= 0.6 is 0 Å². The average Bonchev–Trinajstić information content (AvgIpc) is 2.77. The van der Waals surface area contributed by atoms with Gasteiger partial charge in [-0.1, -0.05) is 12.1 Å². The SMILES string of the molecule is O=C(NNC(=O)c1cnccn1)c1cccc(S(=O)(=O)Nc2cccc(C(F)(F)F)c2)c1. The largest absolute Gasteiger partial charge is 0.416 e. The molecular formula is C19H14F3N5O4S. The molecule has 166 valence electrons. The number of nitrogens with one attached hydrogen (secondary N) is 3. The fraction of sp³-hybridized carbons (Fsp3) is 0.0526. The van der Waals surface area contributed by atoms with Crippen molar-refractivity contribution in [3.05, 3.63) is 83.9 Å². The third kappa shape index (κ3) is 5.57. The number of amides is 2. The van der Waals surface area contributed by atoms with Gasteiger partial charge in [-0.25, -0.2) is 13.4 Å². The summed E-state index contributed by atoms with van der Waals surface area (Å²) in [6.07, 6.45) is -0.833. The Hall–Kier alpha value is -4.00. The minimum Gasteiger partial charge on any atom is -0.280 e. The Morgan fingerprint density at radius 3 is 2.31 bits per heavy atom. The Morgan fingerprint density at radius 2 is 1.62 bits per heavy atom. The second kappa shape index (κ2) is 9.01. The summed E-state index contributed by atoms with van der Waals surface area (Å²) in [4.78, 5) is 31.3. The number of alkyl halides is 3. The van der Waals surface area contributed by atoms with E-state index in [2.05, 4.69) is 20.8 Å². The van der Waals surface area contributed by atoms with Gasteiger partial charge in [-0.2, -0.15) is 13.2 Å². The normalized spacial score (nSPS) is 11.5. The van der Waals surface area contributed by atoms with E-state index in [1.165, 1.54) is 30.7 Å². The first-order valence-corrected chi connectivity index (χ1v) is 10.2. The van der Waals surface area contributed by atoms with Crippen molar-refractivity contribution in [1.29, 1.82) is 0 Å². The van der Waals surface area contributed by atoms with Gasteiger partial charge >= 0.3 is 6.18 Å². The van der Waals surface area contributed by atoms with E-state index >= 15 is 0 Å². The molecule has 0 aliphatic rings. The third-order valence-electron chi connectivity index (χ3n) is 3.93. The number of anilines is 1. The molecule has 2 amide bonds. The summed E-state index contributed by atoms with van der Waals surface area (Å²) in [5.74, 6) is -1.58. The van der Waals surface area contributed by atoms with E-state index in [1.807, 2.05) is 4.72 Å². The molecule has 0 saturated carbocycles. The summed E-state index contributed by atoms with van der Waals surface area (Å²) in [7, 11) is -4.31. The zero-order valence-corrected chi connectivity index (χ0v) is 16.7. The van der Waals surface area contributed by atoms with Crippen molar-refractivity contribution in [1.82, 2.24) is 20.8 Å². The van der Waals surface area contributed by atoms with Crippen molar-refractivity contribution in [3.63, 3.8) is 0 Å². The van der Waals surface area contributed by atoms with Gasteiger partial charge < -0.3 is 0 Å². The highest BCUT2D eigenvalue weighted by Gasteiger charge is 2.30. The molecule has 3 N–H and O–H groups in total. The lowest BCUT2D eigenvalue weighted by molar-refractivity contribution is -0.137. The predicted molar refractivity (Wildman–Crippen MR) is 106 cm³/mol. The topological polar surface area (TPSA) is 130 Å². The highest BCUT2D eigenvalue weighted by atomic mass is 32.2. The van der Waals surface area contributed by atoms with Gasteiger partial charge in [-0.15, -0.1) is 0 Å². The molecule has 0 radical (unpaired) electrons. The molecule has 13 heteroatoms. The number of carbonyl (C=O) groups excluding carboxylic acids is 2. The van der Waals surface area contributed by atoms with Crippen LogP contribution in [-0.2, 0) is 16.2 Å². The van der Waals surface area contributed by atoms with E-state index in [9.17, 15) is 31.2 Å². The summed E-state index contributed by atoms with van der Waals surface area (Å²) < 4.78 is 65.7. The molecule has 3 aromatic rings. The molecule has 9 nitrogen and oxygen atoms in total. The van der Waals surface area contributed by atoms with Crippen LogP contribution in [0.25, 0.3) is 0 Å². The van der Waals surface area contributed by atoms with Gasteiger partial charge in [0.1, 0.15) is 5.69 Å². The molecule has 0 atom stereocenters. The van der Waals surface area contributed by atoms with Gasteiger partial charge in [-0.05, 0) is 36.4 Å². The van der Waals surface area contributed by atoms with Crippen molar-refractivity contribution in [2.75, 3.05) is 4.72 Å². The molecule has 1 aromatic heterocycles. The number of hydrogen-bond acceptors (Lipinski definition) is 6. The van der Waals surface area contributed by atoms with Crippen LogP contribution in [0.4, 0.5) is 18.9 Å². The number of benzene rings is 2. The molecule has 1 heterocycles. The first kappa shape index (κ1) is 22.7. The van der Waals surface area contributed by atoms with E-state index < -0.39 is 33.6 Å². The lowest BCUT2D eigenvalue weighted by atomic mass is 10.2. The average molecular weight is 465 g/mol. The second-order valence-corrected chi connectivity index (χ2v) is 7.89. The maximum absolute atomic E-state index is 12.8. The molecular weight excluding hydrogens is 451 g/mol. The number of sulfonamides is 1. The number of hydrazine groups is 1. The first-order valence-electron chi connectivity index (χ1n) is 8.73. The number of nitrogens with zero attached hydrogens (tertiary/aromatic N) is 2. The van der Waals surface area contributed by atoms with E-state index in [4.69, 9.17) is 0 Å². The molecule has 0 aliphatic carbocycles. The minimum absolute atomic E-state index is 0.0607. The van der Waals surface area contributed by atoms with Crippen LogP contribution in [0.1, 0.15) is 26.4 Å². The van der Waals surface area contributed by atoms with E-state index in [0.29, 0.717) is 6.07 Å². The van der Waals surface area contributed by atoms with Crippen LogP contribution in [0, 0.1) is 0 Å².